The van der Waals surface area contributed by atoms with Gasteiger partial charge in [0.25, 0.3) is 0 Å². The van der Waals surface area contributed by atoms with Crippen molar-refractivity contribution in [2.45, 2.75) is 45.1 Å². The van der Waals surface area contributed by atoms with Crippen LogP contribution in [0, 0.1) is 0 Å². The lowest BCUT2D eigenvalue weighted by Crippen LogP contribution is -2.49. The smallest absolute Gasteiger partial charge is 0.224 e. The first-order valence-electron chi connectivity index (χ1n) is 10.0. The number of methoxy groups -OCH3 is 1. The van der Waals surface area contributed by atoms with E-state index in [1.165, 1.54) is 12.8 Å². The molecule has 2 aliphatic rings. The van der Waals surface area contributed by atoms with E-state index in [1.54, 1.807) is 14.0 Å². The van der Waals surface area contributed by atoms with Crippen molar-refractivity contribution in [3.63, 3.8) is 0 Å². The molecule has 1 saturated carbocycles. The number of amides is 2. The number of carbonyl (C=O) groups is 2. The van der Waals surface area contributed by atoms with Crippen molar-refractivity contribution in [1.29, 1.82) is 0 Å². The number of ether oxygens (including phenoxy) is 1. The van der Waals surface area contributed by atoms with Crippen LogP contribution in [-0.4, -0.2) is 67.5 Å². The Kier molecular flexibility index (Phi) is 6.58. The molecule has 27 heavy (non-hydrogen) atoms. The number of piperazine rings is 1. The van der Waals surface area contributed by atoms with Gasteiger partial charge < -0.3 is 19.4 Å². The van der Waals surface area contributed by atoms with Gasteiger partial charge in [0, 0.05) is 52.1 Å². The Labute approximate surface area is 162 Å². The van der Waals surface area contributed by atoms with Crippen LogP contribution in [0.4, 0.5) is 5.69 Å². The minimum Gasteiger partial charge on any atom is -0.495 e. The second kappa shape index (κ2) is 9.11. The average molecular weight is 373 g/mol. The van der Waals surface area contributed by atoms with Gasteiger partial charge in [-0.15, -0.1) is 0 Å². The zero-order valence-corrected chi connectivity index (χ0v) is 16.5. The summed E-state index contributed by atoms with van der Waals surface area (Å²) in [5, 5.41) is 0. The summed E-state index contributed by atoms with van der Waals surface area (Å²) in [6.07, 6.45) is 4.95. The molecule has 0 N–H and O–H groups in total. The van der Waals surface area contributed by atoms with Crippen molar-refractivity contribution in [2.75, 3.05) is 44.7 Å². The third-order valence-electron chi connectivity index (χ3n) is 5.79. The summed E-state index contributed by atoms with van der Waals surface area (Å²) >= 11 is 0. The molecule has 2 amide bonds. The van der Waals surface area contributed by atoms with Gasteiger partial charge >= 0.3 is 0 Å². The topological polar surface area (TPSA) is 53.1 Å². The number of benzene rings is 1. The number of hydrogen-bond donors (Lipinski definition) is 0. The van der Waals surface area contributed by atoms with E-state index in [-0.39, 0.29) is 11.8 Å². The fourth-order valence-electron chi connectivity index (χ4n) is 4.28. The molecule has 1 aromatic carbocycles. The number of anilines is 1. The number of rotatable bonds is 6. The zero-order chi connectivity index (χ0) is 19.2. The monoisotopic (exact) mass is 373 g/mol. The van der Waals surface area contributed by atoms with E-state index in [9.17, 15) is 9.59 Å². The molecule has 1 heterocycles. The summed E-state index contributed by atoms with van der Waals surface area (Å²) in [6, 6.07) is 8.33. The van der Waals surface area contributed by atoms with Gasteiger partial charge in [0.15, 0.2) is 0 Å². The maximum absolute atomic E-state index is 12.7. The van der Waals surface area contributed by atoms with Crippen molar-refractivity contribution < 1.29 is 14.3 Å². The molecule has 0 unspecified atom stereocenters. The van der Waals surface area contributed by atoms with Gasteiger partial charge in [0.05, 0.1) is 12.8 Å². The van der Waals surface area contributed by atoms with Crippen LogP contribution in [0.1, 0.15) is 39.0 Å². The predicted octanol–water partition coefficient (Wildman–Crippen LogP) is 2.53. The number of hydrogen-bond acceptors (Lipinski definition) is 4. The van der Waals surface area contributed by atoms with E-state index in [1.807, 2.05) is 28.0 Å². The maximum atomic E-state index is 12.7. The lowest BCUT2D eigenvalue weighted by molar-refractivity contribution is -0.134. The van der Waals surface area contributed by atoms with Crippen LogP contribution in [-0.2, 0) is 9.59 Å². The standard InChI is InChI=1S/C21H31N3O3/c1-17(25)24(18-7-3-4-8-18)12-11-21(26)23-15-13-22(14-16-23)19-9-5-6-10-20(19)27-2/h5-6,9-10,18H,3-4,7-8,11-16H2,1-2H3. The second-order valence-electron chi connectivity index (χ2n) is 7.44. The summed E-state index contributed by atoms with van der Waals surface area (Å²) < 4.78 is 5.45. The lowest BCUT2D eigenvalue weighted by atomic mass is 10.2. The molecule has 1 aliphatic carbocycles. The van der Waals surface area contributed by atoms with E-state index < -0.39 is 0 Å². The van der Waals surface area contributed by atoms with Crippen LogP contribution in [0.25, 0.3) is 0 Å². The van der Waals surface area contributed by atoms with E-state index >= 15 is 0 Å². The van der Waals surface area contributed by atoms with E-state index in [0.29, 0.717) is 32.1 Å². The normalized spacial score (nSPS) is 17.9. The van der Waals surface area contributed by atoms with Crippen molar-refractivity contribution in [3.05, 3.63) is 24.3 Å². The first-order chi connectivity index (χ1) is 13.1. The molecule has 6 heteroatoms. The highest BCUT2D eigenvalue weighted by molar-refractivity contribution is 5.78. The molecule has 0 bridgehead atoms. The fourth-order valence-corrected chi connectivity index (χ4v) is 4.28. The average Bonchev–Trinajstić information content (AvgIpc) is 3.22. The van der Waals surface area contributed by atoms with Gasteiger partial charge in [-0.1, -0.05) is 25.0 Å². The molecule has 3 rings (SSSR count). The SMILES string of the molecule is COc1ccccc1N1CCN(C(=O)CCN(C(C)=O)C2CCCC2)CC1. The summed E-state index contributed by atoms with van der Waals surface area (Å²) in [6.45, 7) is 5.18. The van der Waals surface area contributed by atoms with Gasteiger partial charge in [-0.25, -0.2) is 0 Å². The molecule has 1 aromatic rings. The minimum atomic E-state index is 0.0932. The lowest BCUT2D eigenvalue weighted by Gasteiger charge is -2.37. The number of nitrogens with zero attached hydrogens (tertiary/aromatic N) is 3. The maximum Gasteiger partial charge on any atom is 0.224 e. The van der Waals surface area contributed by atoms with E-state index in [0.717, 1.165) is 37.4 Å². The van der Waals surface area contributed by atoms with Gasteiger partial charge in [0.2, 0.25) is 11.8 Å². The molecule has 0 atom stereocenters. The van der Waals surface area contributed by atoms with Crippen LogP contribution >= 0.6 is 0 Å². The Hall–Kier alpha value is -2.24. The highest BCUT2D eigenvalue weighted by Crippen LogP contribution is 2.28. The van der Waals surface area contributed by atoms with Gasteiger partial charge in [-0.3, -0.25) is 9.59 Å². The van der Waals surface area contributed by atoms with Crippen LogP contribution in [0.5, 0.6) is 5.75 Å². The van der Waals surface area contributed by atoms with Crippen LogP contribution < -0.4 is 9.64 Å². The fraction of sp³-hybridized carbons (Fsp3) is 0.619. The quantitative estimate of drug-likeness (QED) is 0.769. The molecular weight excluding hydrogens is 342 g/mol. The van der Waals surface area contributed by atoms with Crippen molar-refractivity contribution >= 4 is 17.5 Å². The summed E-state index contributed by atoms with van der Waals surface area (Å²) in [5.74, 6) is 1.11. The largest absolute Gasteiger partial charge is 0.495 e. The molecule has 148 valence electrons. The molecule has 0 radical (unpaired) electrons. The third kappa shape index (κ3) is 4.73. The van der Waals surface area contributed by atoms with Gasteiger partial charge in [-0.05, 0) is 25.0 Å². The highest BCUT2D eigenvalue weighted by atomic mass is 16.5. The van der Waals surface area contributed by atoms with E-state index in [4.69, 9.17) is 4.74 Å². The summed E-state index contributed by atoms with van der Waals surface area (Å²) in [4.78, 5) is 30.7. The molecule has 2 fully saturated rings. The first kappa shape index (κ1) is 19.5. The molecule has 0 spiro atoms. The number of carbonyl (C=O) groups excluding carboxylic acids is 2. The Bertz CT molecular complexity index is 650. The van der Waals surface area contributed by atoms with Gasteiger partial charge in [-0.2, -0.15) is 0 Å². The van der Waals surface area contributed by atoms with Crippen molar-refractivity contribution in [3.8, 4) is 5.75 Å². The Morgan fingerprint density at radius 1 is 1.11 bits per heavy atom. The van der Waals surface area contributed by atoms with Crippen molar-refractivity contribution in [1.82, 2.24) is 9.80 Å². The third-order valence-corrected chi connectivity index (χ3v) is 5.79. The summed E-state index contributed by atoms with van der Waals surface area (Å²) in [7, 11) is 1.68. The molecule has 1 saturated heterocycles. The molecular formula is C21H31N3O3. The second-order valence-corrected chi connectivity index (χ2v) is 7.44. The summed E-state index contributed by atoms with van der Waals surface area (Å²) in [5.41, 5.74) is 1.08. The molecule has 6 nitrogen and oxygen atoms in total. The predicted molar refractivity (Wildman–Crippen MR) is 106 cm³/mol. The Morgan fingerprint density at radius 3 is 2.41 bits per heavy atom. The minimum absolute atomic E-state index is 0.0932. The van der Waals surface area contributed by atoms with Crippen LogP contribution in [0.15, 0.2) is 24.3 Å². The molecule has 0 aromatic heterocycles. The first-order valence-corrected chi connectivity index (χ1v) is 10.0. The zero-order valence-electron chi connectivity index (χ0n) is 16.5. The molecule has 1 aliphatic heterocycles. The Balaban J connectivity index is 1.50. The van der Waals surface area contributed by atoms with Crippen molar-refractivity contribution in [2.24, 2.45) is 0 Å². The van der Waals surface area contributed by atoms with Gasteiger partial charge in [0.1, 0.15) is 5.75 Å². The van der Waals surface area contributed by atoms with Crippen LogP contribution in [0.3, 0.4) is 0 Å². The number of para-hydroxylation sites is 2. The Morgan fingerprint density at radius 2 is 1.78 bits per heavy atom. The van der Waals surface area contributed by atoms with Crippen LogP contribution in [0.2, 0.25) is 0 Å². The van der Waals surface area contributed by atoms with E-state index in [2.05, 4.69) is 11.0 Å². The highest BCUT2D eigenvalue weighted by Gasteiger charge is 2.27.